The van der Waals surface area contributed by atoms with Gasteiger partial charge in [0, 0.05) is 25.4 Å². The van der Waals surface area contributed by atoms with E-state index in [0.717, 1.165) is 19.5 Å². The summed E-state index contributed by atoms with van der Waals surface area (Å²) in [5.74, 6) is 0.927. The summed E-state index contributed by atoms with van der Waals surface area (Å²) in [6.45, 7) is 5.92. The van der Waals surface area contributed by atoms with Gasteiger partial charge in [-0.25, -0.2) is 8.42 Å². The Balaban J connectivity index is 0.00000324. The molecule has 2 N–H and O–H groups in total. The molecule has 0 radical (unpaired) electrons. The molecular weight excluding hydrogens is 381 g/mol. The van der Waals surface area contributed by atoms with Gasteiger partial charge < -0.3 is 15.3 Å². The van der Waals surface area contributed by atoms with E-state index in [1.165, 1.54) is 0 Å². The lowest BCUT2D eigenvalue weighted by molar-refractivity contribution is 0.188. The summed E-state index contributed by atoms with van der Waals surface area (Å²) in [6, 6.07) is 0. The molecule has 1 aliphatic heterocycles. The van der Waals surface area contributed by atoms with Gasteiger partial charge in [-0.3, -0.25) is 4.99 Å². The van der Waals surface area contributed by atoms with Crippen LogP contribution < -0.4 is 5.32 Å². The highest BCUT2D eigenvalue weighted by molar-refractivity contribution is 14.0. The topological polar surface area (TPSA) is 82.0 Å². The molecule has 6 nitrogen and oxygen atoms in total. The molecule has 0 spiro atoms. The van der Waals surface area contributed by atoms with Gasteiger partial charge in [0.1, 0.15) is 0 Å². The van der Waals surface area contributed by atoms with Crippen molar-refractivity contribution in [2.75, 3.05) is 37.7 Å². The Hall–Kier alpha value is -0.0900. The number of aliphatic imine (C=N–C) groups is 1. The van der Waals surface area contributed by atoms with Crippen molar-refractivity contribution in [2.45, 2.75) is 26.4 Å². The van der Waals surface area contributed by atoms with Crippen molar-refractivity contribution in [3.05, 3.63) is 0 Å². The zero-order chi connectivity index (χ0) is 13.6. The van der Waals surface area contributed by atoms with Crippen molar-refractivity contribution in [1.29, 1.82) is 0 Å². The SMILES string of the molecule is CCNC(=NCCS(=O)(=O)CC)N1CC[C@@H](O)C1.I. The second-order valence-electron chi connectivity index (χ2n) is 4.36. The van der Waals surface area contributed by atoms with E-state index in [9.17, 15) is 13.5 Å². The molecular formula is C11H24IN3O3S. The van der Waals surface area contributed by atoms with Crippen LogP contribution in [-0.4, -0.2) is 68.2 Å². The maximum Gasteiger partial charge on any atom is 0.194 e. The van der Waals surface area contributed by atoms with Crippen molar-refractivity contribution in [1.82, 2.24) is 10.2 Å². The first-order valence-corrected chi connectivity index (χ1v) is 8.22. The van der Waals surface area contributed by atoms with E-state index in [0.29, 0.717) is 12.5 Å². The first-order valence-electron chi connectivity index (χ1n) is 6.40. The molecule has 19 heavy (non-hydrogen) atoms. The number of guanidine groups is 1. The third kappa shape index (κ3) is 6.75. The summed E-state index contributed by atoms with van der Waals surface area (Å²) < 4.78 is 22.7. The van der Waals surface area contributed by atoms with Gasteiger partial charge in [0.2, 0.25) is 0 Å². The maximum atomic E-state index is 11.4. The second-order valence-corrected chi connectivity index (χ2v) is 6.83. The average Bonchev–Trinajstić information content (AvgIpc) is 2.74. The molecule has 0 amide bonds. The smallest absolute Gasteiger partial charge is 0.194 e. The number of sulfone groups is 1. The zero-order valence-electron chi connectivity index (χ0n) is 11.5. The van der Waals surface area contributed by atoms with E-state index >= 15 is 0 Å². The molecule has 0 aromatic carbocycles. The predicted octanol–water partition coefficient (Wildman–Crippen LogP) is 0.0712. The number of halogens is 1. The molecule has 1 saturated heterocycles. The number of likely N-dealkylation sites (tertiary alicyclic amines) is 1. The fourth-order valence-electron chi connectivity index (χ4n) is 1.79. The Labute approximate surface area is 132 Å². The molecule has 0 aromatic rings. The Morgan fingerprint density at radius 1 is 1.47 bits per heavy atom. The first-order chi connectivity index (χ1) is 8.48. The highest BCUT2D eigenvalue weighted by Crippen LogP contribution is 2.08. The standard InChI is InChI=1S/C11H23N3O3S.HI/c1-3-12-11(14-7-5-10(15)9-14)13-6-8-18(16,17)4-2;/h10,15H,3-9H2,1-2H3,(H,12,13);1H/t10-;/m1./s1. The van der Waals surface area contributed by atoms with Gasteiger partial charge >= 0.3 is 0 Å². The molecule has 1 aliphatic rings. The number of aliphatic hydroxyl groups excluding tert-OH is 1. The van der Waals surface area contributed by atoms with Crippen molar-refractivity contribution >= 4 is 39.8 Å². The summed E-state index contributed by atoms with van der Waals surface area (Å²) in [5.41, 5.74) is 0. The fraction of sp³-hybridized carbons (Fsp3) is 0.909. The number of aliphatic hydroxyl groups is 1. The van der Waals surface area contributed by atoms with Crippen LogP contribution in [0.3, 0.4) is 0 Å². The van der Waals surface area contributed by atoms with Crippen LogP contribution in [0.2, 0.25) is 0 Å². The lowest BCUT2D eigenvalue weighted by Gasteiger charge is -2.20. The number of β-amino-alcohol motifs (C(OH)–C–C–N with tert-alkyl or cyclic N) is 1. The monoisotopic (exact) mass is 405 g/mol. The van der Waals surface area contributed by atoms with E-state index < -0.39 is 9.84 Å². The minimum Gasteiger partial charge on any atom is -0.391 e. The summed E-state index contributed by atoms with van der Waals surface area (Å²) in [5, 5.41) is 12.6. The molecule has 0 unspecified atom stereocenters. The van der Waals surface area contributed by atoms with Crippen LogP contribution in [0.1, 0.15) is 20.3 Å². The van der Waals surface area contributed by atoms with Gasteiger partial charge in [-0.05, 0) is 13.3 Å². The van der Waals surface area contributed by atoms with E-state index in [2.05, 4.69) is 10.3 Å². The molecule has 1 heterocycles. The summed E-state index contributed by atoms with van der Waals surface area (Å²) in [4.78, 5) is 6.27. The quantitative estimate of drug-likeness (QED) is 0.385. The molecule has 114 valence electrons. The van der Waals surface area contributed by atoms with Crippen molar-refractivity contribution in [3.63, 3.8) is 0 Å². The highest BCUT2D eigenvalue weighted by atomic mass is 127. The van der Waals surface area contributed by atoms with Gasteiger partial charge in [0.05, 0.1) is 18.4 Å². The van der Waals surface area contributed by atoms with Crippen LogP contribution in [-0.2, 0) is 9.84 Å². The predicted molar refractivity (Wildman–Crippen MR) is 87.9 cm³/mol. The van der Waals surface area contributed by atoms with Crippen LogP contribution in [0.5, 0.6) is 0 Å². The van der Waals surface area contributed by atoms with Crippen LogP contribution in [0.15, 0.2) is 4.99 Å². The van der Waals surface area contributed by atoms with Crippen LogP contribution in [0.25, 0.3) is 0 Å². The Morgan fingerprint density at radius 2 is 2.16 bits per heavy atom. The number of hydrogen-bond donors (Lipinski definition) is 2. The summed E-state index contributed by atoms with van der Waals surface area (Å²) in [7, 11) is -2.97. The van der Waals surface area contributed by atoms with Gasteiger partial charge in [0.25, 0.3) is 0 Å². The largest absolute Gasteiger partial charge is 0.391 e. The van der Waals surface area contributed by atoms with E-state index in [1.54, 1.807) is 6.92 Å². The Bertz CT molecular complexity index is 387. The van der Waals surface area contributed by atoms with Gasteiger partial charge in [-0.2, -0.15) is 0 Å². The van der Waals surface area contributed by atoms with Gasteiger partial charge in [-0.15, -0.1) is 24.0 Å². The third-order valence-electron chi connectivity index (χ3n) is 2.90. The van der Waals surface area contributed by atoms with Gasteiger partial charge in [0.15, 0.2) is 15.8 Å². The molecule has 1 rings (SSSR count). The van der Waals surface area contributed by atoms with E-state index in [1.807, 2.05) is 11.8 Å². The normalized spacial score (nSPS) is 20.3. The fourth-order valence-corrected chi connectivity index (χ4v) is 2.45. The Morgan fingerprint density at radius 3 is 2.63 bits per heavy atom. The van der Waals surface area contributed by atoms with Crippen molar-refractivity contribution in [2.24, 2.45) is 4.99 Å². The third-order valence-corrected chi connectivity index (χ3v) is 4.59. The Kier molecular flexibility index (Phi) is 8.92. The molecule has 0 aliphatic carbocycles. The van der Waals surface area contributed by atoms with Gasteiger partial charge in [-0.1, -0.05) is 6.92 Å². The van der Waals surface area contributed by atoms with Crippen molar-refractivity contribution in [3.8, 4) is 0 Å². The molecule has 0 saturated carbocycles. The number of rotatable bonds is 5. The first kappa shape index (κ1) is 18.9. The lowest BCUT2D eigenvalue weighted by Crippen LogP contribution is -2.40. The molecule has 0 bridgehead atoms. The lowest BCUT2D eigenvalue weighted by atomic mass is 10.3. The van der Waals surface area contributed by atoms with E-state index in [-0.39, 0.29) is 48.1 Å². The summed E-state index contributed by atoms with van der Waals surface area (Å²) in [6.07, 6.45) is 0.422. The average molecular weight is 405 g/mol. The van der Waals surface area contributed by atoms with Crippen LogP contribution in [0.4, 0.5) is 0 Å². The number of hydrogen-bond acceptors (Lipinski definition) is 4. The summed E-state index contributed by atoms with van der Waals surface area (Å²) >= 11 is 0. The number of nitrogens with zero attached hydrogens (tertiary/aromatic N) is 2. The molecule has 8 heteroatoms. The molecule has 0 aromatic heterocycles. The van der Waals surface area contributed by atoms with E-state index in [4.69, 9.17) is 0 Å². The van der Waals surface area contributed by atoms with Crippen LogP contribution >= 0.6 is 24.0 Å². The zero-order valence-corrected chi connectivity index (χ0v) is 14.6. The minimum absolute atomic E-state index is 0. The highest BCUT2D eigenvalue weighted by Gasteiger charge is 2.22. The second kappa shape index (κ2) is 8.96. The van der Waals surface area contributed by atoms with Crippen molar-refractivity contribution < 1.29 is 13.5 Å². The minimum atomic E-state index is -2.97. The molecule has 1 fully saturated rings. The maximum absolute atomic E-state index is 11.4. The number of nitrogens with one attached hydrogen (secondary N) is 1. The van der Waals surface area contributed by atoms with Crippen LogP contribution in [0, 0.1) is 0 Å². The molecule has 1 atom stereocenters.